The average molecular weight is 457 g/mol. The maximum Gasteiger partial charge on any atom is 0.269 e. The van der Waals surface area contributed by atoms with E-state index in [4.69, 9.17) is 18.9 Å². The molecule has 0 aliphatic carbocycles. The first-order chi connectivity index (χ1) is 15.8. The Morgan fingerprint density at radius 1 is 0.818 bits per heavy atom. The Balaban J connectivity index is 1.64. The van der Waals surface area contributed by atoms with Gasteiger partial charge in [-0.15, -0.1) is 0 Å². The zero-order chi connectivity index (χ0) is 24.0. The molecule has 33 heavy (non-hydrogen) atoms. The highest BCUT2D eigenvalue weighted by atomic mass is 16.6. The molecule has 3 N–H and O–H groups in total. The maximum atomic E-state index is 12.8. The summed E-state index contributed by atoms with van der Waals surface area (Å²) in [5.74, 6) is 0.0472. The van der Waals surface area contributed by atoms with Gasteiger partial charge in [0.2, 0.25) is 0 Å². The van der Waals surface area contributed by atoms with E-state index >= 15 is 0 Å². The summed E-state index contributed by atoms with van der Waals surface area (Å²) in [6.07, 6.45) is 0. The van der Waals surface area contributed by atoms with Crippen LogP contribution in [0.25, 0.3) is 0 Å². The van der Waals surface area contributed by atoms with E-state index in [9.17, 15) is 14.4 Å². The Morgan fingerprint density at radius 3 is 2.06 bits per heavy atom. The van der Waals surface area contributed by atoms with Gasteiger partial charge in [-0.1, -0.05) is 13.8 Å². The van der Waals surface area contributed by atoms with Crippen LogP contribution in [-0.4, -0.2) is 51.2 Å². The number of rotatable bonds is 7. The minimum Gasteiger partial charge on any atom is -0.497 e. The quantitative estimate of drug-likeness (QED) is 0.541. The number of hydrazine groups is 1. The molecule has 0 spiro atoms. The van der Waals surface area contributed by atoms with Crippen molar-refractivity contribution < 1.29 is 33.3 Å². The van der Waals surface area contributed by atoms with Gasteiger partial charge in [-0.25, -0.2) is 0 Å². The van der Waals surface area contributed by atoms with Gasteiger partial charge in [0.15, 0.2) is 11.5 Å². The highest BCUT2D eigenvalue weighted by Gasteiger charge is 2.26. The van der Waals surface area contributed by atoms with Crippen LogP contribution in [0.3, 0.4) is 0 Å². The summed E-state index contributed by atoms with van der Waals surface area (Å²) in [5, 5.41) is 2.69. The summed E-state index contributed by atoms with van der Waals surface area (Å²) in [7, 11) is 2.95. The van der Waals surface area contributed by atoms with E-state index in [2.05, 4.69) is 16.2 Å². The summed E-state index contributed by atoms with van der Waals surface area (Å²) in [5.41, 5.74) is 5.29. The molecule has 2 aromatic carbocycles. The molecule has 0 bridgehead atoms. The smallest absolute Gasteiger partial charge is 0.269 e. The lowest BCUT2D eigenvalue weighted by atomic mass is 10.0. The Labute approximate surface area is 191 Å². The SMILES string of the molecule is COc1cc(OC)cc(C(=O)N[C@H](C(=O)NNC(=O)c2ccc3c(c2)OCCO3)C(C)C)c1. The summed E-state index contributed by atoms with van der Waals surface area (Å²) in [4.78, 5) is 38.0. The Morgan fingerprint density at radius 2 is 1.45 bits per heavy atom. The number of amides is 3. The van der Waals surface area contributed by atoms with Crippen LogP contribution in [-0.2, 0) is 4.79 Å². The number of carbonyl (C=O) groups excluding carboxylic acids is 3. The topological polar surface area (TPSA) is 124 Å². The Kier molecular flexibility index (Phi) is 7.60. The lowest BCUT2D eigenvalue weighted by Crippen LogP contribution is -2.54. The van der Waals surface area contributed by atoms with Gasteiger partial charge in [0.05, 0.1) is 14.2 Å². The number of ether oxygens (including phenoxy) is 4. The van der Waals surface area contributed by atoms with Crippen molar-refractivity contribution in [3.63, 3.8) is 0 Å². The standard InChI is InChI=1S/C23H27N3O7/c1-13(2)20(24-21(27)15-9-16(30-3)12-17(10-15)31-4)23(29)26-25-22(28)14-5-6-18-19(11-14)33-8-7-32-18/h5-6,9-13,20H,7-8H2,1-4H3,(H,24,27)(H,25,28)(H,26,29)/t20-/m0/s1. The minimum absolute atomic E-state index is 0.257. The van der Waals surface area contributed by atoms with Gasteiger partial charge in [-0.05, 0) is 36.2 Å². The zero-order valence-corrected chi connectivity index (χ0v) is 18.9. The van der Waals surface area contributed by atoms with Crippen molar-refractivity contribution in [2.75, 3.05) is 27.4 Å². The third kappa shape index (κ3) is 5.85. The van der Waals surface area contributed by atoms with E-state index in [1.54, 1.807) is 32.0 Å². The van der Waals surface area contributed by atoms with Crippen LogP contribution in [0.1, 0.15) is 34.6 Å². The van der Waals surface area contributed by atoms with Crippen LogP contribution in [0.5, 0.6) is 23.0 Å². The normalized spacial score (nSPS) is 13.0. The summed E-state index contributed by atoms with van der Waals surface area (Å²) in [6, 6.07) is 8.53. The van der Waals surface area contributed by atoms with Crippen molar-refractivity contribution in [2.45, 2.75) is 19.9 Å². The van der Waals surface area contributed by atoms with Crippen molar-refractivity contribution in [3.05, 3.63) is 47.5 Å². The number of carbonyl (C=O) groups is 3. The van der Waals surface area contributed by atoms with E-state index in [1.165, 1.54) is 32.4 Å². The van der Waals surface area contributed by atoms with Crippen molar-refractivity contribution in [1.29, 1.82) is 0 Å². The molecule has 3 amide bonds. The van der Waals surface area contributed by atoms with Crippen molar-refractivity contribution in [2.24, 2.45) is 5.92 Å². The van der Waals surface area contributed by atoms with Gasteiger partial charge in [0, 0.05) is 17.2 Å². The average Bonchev–Trinajstić information content (AvgIpc) is 2.84. The molecule has 1 aliphatic heterocycles. The van der Waals surface area contributed by atoms with Gasteiger partial charge in [0.1, 0.15) is 30.8 Å². The molecule has 176 valence electrons. The molecule has 1 aliphatic rings. The van der Waals surface area contributed by atoms with Gasteiger partial charge >= 0.3 is 0 Å². The van der Waals surface area contributed by atoms with Crippen molar-refractivity contribution in [3.8, 4) is 23.0 Å². The predicted molar refractivity (Wildman–Crippen MR) is 119 cm³/mol. The summed E-state index contributed by atoms with van der Waals surface area (Å²) in [6.45, 7) is 4.39. The van der Waals surface area contributed by atoms with Crippen LogP contribution < -0.4 is 35.1 Å². The second-order valence-electron chi connectivity index (χ2n) is 7.60. The molecular formula is C23H27N3O7. The molecule has 0 fully saturated rings. The minimum atomic E-state index is -0.907. The van der Waals surface area contributed by atoms with E-state index in [1.807, 2.05) is 0 Å². The molecule has 0 saturated heterocycles. The van der Waals surface area contributed by atoms with Crippen LogP contribution in [0.4, 0.5) is 0 Å². The number of hydrogen-bond acceptors (Lipinski definition) is 7. The maximum absolute atomic E-state index is 12.8. The first kappa shape index (κ1) is 23.7. The fraction of sp³-hybridized carbons (Fsp3) is 0.348. The van der Waals surface area contributed by atoms with Gasteiger partial charge in [-0.3, -0.25) is 25.2 Å². The lowest BCUT2D eigenvalue weighted by molar-refractivity contribution is -0.124. The molecule has 2 aromatic rings. The van der Waals surface area contributed by atoms with Crippen LogP contribution in [0, 0.1) is 5.92 Å². The molecule has 10 nitrogen and oxygen atoms in total. The van der Waals surface area contributed by atoms with Crippen molar-refractivity contribution in [1.82, 2.24) is 16.2 Å². The second-order valence-corrected chi connectivity index (χ2v) is 7.60. The fourth-order valence-electron chi connectivity index (χ4n) is 3.15. The van der Waals surface area contributed by atoms with Gasteiger partial charge in [-0.2, -0.15) is 0 Å². The molecule has 1 heterocycles. The van der Waals surface area contributed by atoms with Crippen molar-refractivity contribution >= 4 is 17.7 Å². The van der Waals surface area contributed by atoms with E-state index in [0.29, 0.717) is 36.2 Å². The number of fused-ring (bicyclic) bond motifs is 1. The lowest BCUT2D eigenvalue weighted by Gasteiger charge is -2.22. The van der Waals surface area contributed by atoms with Gasteiger partial charge in [0.25, 0.3) is 17.7 Å². The van der Waals surface area contributed by atoms with E-state index in [-0.39, 0.29) is 17.0 Å². The molecular weight excluding hydrogens is 430 g/mol. The van der Waals surface area contributed by atoms with E-state index < -0.39 is 23.8 Å². The number of methoxy groups -OCH3 is 2. The molecule has 0 unspecified atom stereocenters. The monoisotopic (exact) mass is 457 g/mol. The fourth-order valence-corrected chi connectivity index (χ4v) is 3.15. The summed E-state index contributed by atoms with van der Waals surface area (Å²) >= 11 is 0. The molecule has 10 heteroatoms. The second kappa shape index (κ2) is 10.6. The third-order valence-corrected chi connectivity index (χ3v) is 4.95. The first-order valence-electron chi connectivity index (χ1n) is 10.4. The molecule has 0 saturated carbocycles. The first-order valence-corrected chi connectivity index (χ1v) is 10.4. The van der Waals surface area contributed by atoms with Crippen LogP contribution in [0.2, 0.25) is 0 Å². The molecule has 1 atom stereocenters. The molecule has 0 radical (unpaired) electrons. The van der Waals surface area contributed by atoms with E-state index in [0.717, 1.165) is 0 Å². The predicted octanol–water partition coefficient (Wildman–Crippen LogP) is 1.69. The van der Waals surface area contributed by atoms with Crippen LogP contribution >= 0.6 is 0 Å². The Bertz CT molecular complexity index is 1020. The number of benzene rings is 2. The zero-order valence-electron chi connectivity index (χ0n) is 18.9. The number of nitrogens with one attached hydrogen (secondary N) is 3. The van der Waals surface area contributed by atoms with Crippen LogP contribution in [0.15, 0.2) is 36.4 Å². The Hall–Kier alpha value is -3.95. The molecule has 0 aromatic heterocycles. The highest BCUT2D eigenvalue weighted by molar-refractivity contribution is 5.99. The third-order valence-electron chi connectivity index (χ3n) is 4.95. The number of hydrogen-bond donors (Lipinski definition) is 3. The van der Waals surface area contributed by atoms with Gasteiger partial charge < -0.3 is 24.3 Å². The highest BCUT2D eigenvalue weighted by Crippen LogP contribution is 2.30. The molecule has 3 rings (SSSR count). The summed E-state index contributed by atoms with van der Waals surface area (Å²) < 4.78 is 21.3. The largest absolute Gasteiger partial charge is 0.497 e.